The van der Waals surface area contributed by atoms with Crippen LogP contribution in [-0.2, 0) is 14.3 Å². The van der Waals surface area contributed by atoms with Gasteiger partial charge in [0.25, 0.3) is 17.7 Å². The van der Waals surface area contributed by atoms with Crippen molar-refractivity contribution < 1.29 is 23.9 Å². The van der Waals surface area contributed by atoms with Crippen LogP contribution < -0.4 is 15.5 Å². The molecule has 1 aromatic heterocycles. The second-order valence-electron chi connectivity index (χ2n) is 7.60. The number of nitrogens with one attached hydrogen (secondary N) is 2. The van der Waals surface area contributed by atoms with E-state index in [1.807, 2.05) is 0 Å². The van der Waals surface area contributed by atoms with Crippen LogP contribution in [0.1, 0.15) is 34.6 Å². The van der Waals surface area contributed by atoms with Crippen molar-refractivity contribution in [3.63, 3.8) is 0 Å². The molecule has 2 aromatic carbocycles. The van der Waals surface area contributed by atoms with Gasteiger partial charge >= 0.3 is 5.97 Å². The van der Waals surface area contributed by atoms with Gasteiger partial charge in [0.05, 0.1) is 17.4 Å². The van der Waals surface area contributed by atoms with Crippen molar-refractivity contribution in [1.82, 2.24) is 4.98 Å². The van der Waals surface area contributed by atoms with Gasteiger partial charge in [-0.25, -0.2) is 14.7 Å². The van der Waals surface area contributed by atoms with Gasteiger partial charge in [-0.05, 0) is 50.2 Å². The highest BCUT2D eigenvalue weighted by atomic mass is 35.5. The highest BCUT2D eigenvalue weighted by Gasteiger charge is 2.40. The Balaban J connectivity index is 1.53. The fraction of sp³-hybridized carbons (Fsp3) is 0.125. The van der Waals surface area contributed by atoms with E-state index < -0.39 is 17.8 Å². The first-order valence-electron chi connectivity index (χ1n) is 10.4. The Labute approximate surface area is 209 Å². The number of imide groups is 1. The molecule has 2 heterocycles. The highest BCUT2D eigenvalue weighted by molar-refractivity contribution is 7.13. The Morgan fingerprint density at radius 1 is 1.06 bits per heavy atom. The van der Waals surface area contributed by atoms with E-state index in [0.29, 0.717) is 16.4 Å². The molecule has 3 aromatic rings. The number of benzene rings is 2. The number of anilines is 3. The van der Waals surface area contributed by atoms with Crippen molar-refractivity contribution in [2.75, 3.05) is 15.5 Å². The van der Waals surface area contributed by atoms with Crippen LogP contribution in [0.3, 0.4) is 0 Å². The van der Waals surface area contributed by atoms with Crippen LogP contribution in [-0.4, -0.2) is 34.8 Å². The van der Waals surface area contributed by atoms with E-state index in [0.717, 1.165) is 4.90 Å². The van der Waals surface area contributed by atoms with Gasteiger partial charge in [0.1, 0.15) is 10.7 Å². The molecule has 35 heavy (non-hydrogen) atoms. The number of esters is 1. The number of halogens is 1. The Hall–Kier alpha value is -4.02. The molecule has 1 aliphatic heterocycles. The summed E-state index contributed by atoms with van der Waals surface area (Å²) in [6.07, 6.45) is 1.20. The number of carbonyl (C=O) groups is 4. The van der Waals surface area contributed by atoms with Crippen molar-refractivity contribution in [1.29, 1.82) is 0 Å². The molecule has 0 unspecified atom stereocenters. The number of thiazole rings is 1. The lowest BCUT2D eigenvalue weighted by molar-refractivity contribution is -0.120. The number of amides is 3. The van der Waals surface area contributed by atoms with Crippen LogP contribution in [0.5, 0.6) is 0 Å². The van der Waals surface area contributed by atoms with Crippen molar-refractivity contribution in [2.24, 2.45) is 0 Å². The Morgan fingerprint density at radius 2 is 1.77 bits per heavy atom. The summed E-state index contributed by atoms with van der Waals surface area (Å²) in [6.45, 7) is 3.39. The largest absolute Gasteiger partial charge is 0.459 e. The second kappa shape index (κ2) is 10.1. The first kappa shape index (κ1) is 24.1. The summed E-state index contributed by atoms with van der Waals surface area (Å²) >= 11 is 7.51. The third-order valence-electron chi connectivity index (χ3n) is 4.80. The van der Waals surface area contributed by atoms with Gasteiger partial charge in [-0.1, -0.05) is 23.7 Å². The number of hydrogen-bond acceptors (Lipinski definition) is 8. The summed E-state index contributed by atoms with van der Waals surface area (Å²) in [5.41, 5.74) is 0.781. The van der Waals surface area contributed by atoms with Crippen molar-refractivity contribution in [3.8, 4) is 0 Å². The van der Waals surface area contributed by atoms with E-state index in [1.54, 1.807) is 61.8 Å². The highest BCUT2D eigenvalue weighted by Crippen LogP contribution is 2.32. The molecular weight excluding hydrogens is 492 g/mol. The van der Waals surface area contributed by atoms with Gasteiger partial charge in [-0.2, -0.15) is 0 Å². The quantitative estimate of drug-likeness (QED) is 0.357. The van der Waals surface area contributed by atoms with E-state index in [-0.39, 0.29) is 34.0 Å². The summed E-state index contributed by atoms with van der Waals surface area (Å²) < 4.78 is 5.23. The molecule has 11 heteroatoms. The Morgan fingerprint density at radius 3 is 2.43 bits per heavy atom. The molecule has 0 atom stereocenters. The van der Waals surface area contributed by atoms with Gasteiger partial charge < -0.3 is 10.1 Å². The van der Waals surface area contributed by atoms with Crippen LogP contribution in [0, 0.1) is 0 Å². The van der Waals surface area contributed by atoms with E-state index >= 15 is 0 Å². The minimum atomic E-state index is -0.775. The van der Waals surface area contributed by atoms with Gasteiger partial charge in [-0.3, -0.25) is 19.7 Å². The molecule has 1 aliphatic rings. The Bertz CT molecular complexity index is 1340. The number of nitrogens with zero attached hydrogens (tertiary/aromatic N) is 2. The number of carbonyl (C=O) groups excluding carboxylic acids is 4. The average molecular weight is 511 g/mol. The Kier molecular flexibility index (Phi) is 6.94. The smallest absolute Gasteiger partial charge is 0.340 e. The van der Waals surface area contributed by atoms with Crippen LogP contribution in [0.2, 0.25) is 0 Å². The van der Waals surface area contributed by atoms with E-state index in [4.69, 9.17) is 16.3 Å². The number of rotatable bonds is 7. The molecular formula is C24H19ClN4O5S. The fourth-order valence-corrected chi connectivity index (χ4v) is 3.99. The lowest BCUT2D eigenvalue weighted by atomic mass is 10.1. The number of ether oxygens (including phenoxy) is 1. The van der Waals surface area contributed by atoms with Crippen molar-refractivity contribution in [3.05, 3.63) is 82.0 Å². The van der Waals surface area contributed by atoms with E-state index in [2.05, 4.69) is 15.6 Å². The molecule has 0 saturated carbocycles. The second-order valence-corrected chi connectivity index (χ2v) is 8.87. The van der Waals surface area contributed by atoms with Crippen LogP contribution in [0.15, 0.2) is 70.8 Å². The molecule has 0 fully saturated rings. The first-order valence-corrected chi connectivity index (χ1v) is 11.7. The van der Waals surface area contributed by atoms with E-state index in [9.17, 15) is 19.2 Å². The van der Waals surface area contributed by atoms with Crippen molar-refractivity contribution in [2.45, 2.75) is 20.0 Å². The summed E-state index contributed by atoms with van der Waals surface area (Å²) in [5, 5.41) is 7.41. The summed E-state index contributed by atoms with van der Waals surface area (Å²) in [7, 11) is 0. The predicted octanol–water partition coefficient (Wildman–Crippen LogP) is 4.40. The van der Waals surface area contributed by atoms with Gasteiger partial charge in [0, 0.05) is 22.8 Å². The molecule has 0 radical (unpaired) electrons. The predicted molar refractivity (Wildman–Crippen MR) is 132 cm³/mol. The molecule has 4 rings (SSSR count). The normalized spacial score (nSPS) is 13.4. The minimum absolute atomic E-state index is 0.0595. The zero-order valence-corrected chi connectivity index (χ0v) is 20.1. The standard InChI is InChI=1S/C24H19ClN4O5S/c1-13(2)34-23(33)16-5-3-4-6-17(16)29-21(31)18(25)19(22(29)32)27-15-9-7-14(8-10-15)20(30)28-24-26-11-12-35-24/h3-13,27H,1-2H3,(H,26,28,30). The molecule has 178 valence electrons. The fourth-order valence-electron chi connectivity index (χ4n) is 3.25. The average Bonchev–Trinajstić information content (AvgIpc) is 3.41. The van der Waals surface area contributed by atoms with Crippen LogP contribution in [0.25, 0.3) is 0 Å². The first-order chi connectivity index (χ1) is 16.8. The zero-order valence-electron chi connectivity index (χ0n) is 18.6. The molecule has 2 N–H and O–H groups in total. The summed E-state index contributed by atoms with van der Waals surface area (Å²) in [6, 6.07) is 12.4. The zero-order chi connectivity index (χ0) is 25.1. The molecule has 0 bridgehead atoms. The summed E-state index contributed by atoms with van der Waals surface area (Å²) in [4.78, 5) is 55.7. The van der Waals surface area contributed by atoms with Crippen molar-refractivity contribution >= 4 is 63.1 Å². The van der Waals surface area contributed by atoms with Gasteiger partial charge in [0.2, 0.25) is 0 Å². The van der Waals surface area contributed by atoms with Crippen LogP contribution >= 0.6 is 22.9 Å². The SMILES string of the molecule is CC(C)OC(=O)c1ccccc1N1C(=O)C(Cl)=C(Nc2ccc(C(=O)Nc3nccs3)cc2)C1=O. The maximum atomic E-state index is 13.2. The lowest BCUT2D eigenvalue weighted by Crippen LogP contribution is -2.33. The maximum absolute atomic E-state index is 13.2. The number of para-hydroxylation sites is 1. The topological polar surface area (TPSA) is 118 Å². The molecule has 0 spiro atoms. The molecule has 3 amide bonds. The molecule has 0 aliphatic carbocycles. The molecule has 9 nitrogen and oxygen atoms in total. The monoisotopic (exact) mass is 510 g/mol. The minimum Gasteiger partial charge on any atom is -0.459 e. The number of aromatic nitrogens is 1. The van der Waals surface area contributed by atoms with Crippen LogP contribution in [0.4, 0.5) is 16.5 Å². The van der Waals surface area contributed by atoms with Gasteiger partial charge in [-0.15, -0.1) is 11.3 Å². The van der Waals surface area contributed by atoms with Gasteiger partial charge in [0.15, 0.2) is 5.13 Å². The number of hydrogen-bond donors (Lipinski definition) is 2. The third kappa shape index (κ3) is 5.08. The lowest BCUT2D eigenvalue weighted by Gasteiger charge is -2.19. The summed E-state index contributed by atoms with van der Waals surface area (Å²) in [5.74, 6) is -2.51. The molecule has 0 saturated heterocycles. The van der Waals surface area contributed by atoms with E-state index in [1.165, 1.54) is 23.5 Å². The maximum Gasteiger partial charge on any atom is 0.340 e. The third-order valence-corrected chi connectivity index (χ3v) is 5.84.